The summed E-state index contributed by atoms with van der Waals surface area (Å²) in [4.78, 5) is 4.69. The van der Waals surface area contributed by atoms with Gasteiger partial charge in [-0.25, -0.2) is 0 Å². The molecule has 0 aliphatic carbocycles. The molecule has 0 saturated heterocycles. The molecule has 0 saturated carbocycles. The van der Waals surface area contributed by atoms with E-state index >= 15 is 0 Å². The van der Waals surface area contributed by atoms with Crippen LogP contribution < -0.4 is 5.32 Å². The van der Waals surface area contributed by atoms with Gasteiger partial charge < -0.3 is 9.80 Å². The quantitative estimate of drug-likeness (QED) is 0.437. The van der Waals surface area contributed by atoms with Crippen LogP contribution in [0.4, 0.5) is 0 Å². The van der Waals surface area contributed by atoms with Crippen molar-refractivity contribution in [2.24, 2.45) is 0 Å². The fourth-order valence-electron chi connectivity index (χ4n) is 3.51. The van der Waals surface area contributed by atoms with E-state index in [-0.39, 0.29) is 17.4 Å². The van der Waals surface area contributed by atoms with Gasteiger partial charge in [-0.3, -0.25) is 5.32 Å². The molecule has 0 radical (unpaired) electrons. The minimum absolute atomic E-state index is 0.143. The largest absolute Gasteiger partial charge is 0.339 e. The van der Waals surface area contributed by atoms with E-state index < -0.39 is 0 Å². The van der Waals surface area contributed by atoms with E-state index in [4.69, 9.17) is 0 Å². The van der Waals surface area contributed by atoms with Gasteiger partial charge in [0.2, 0.25) is 0 Å². The molecule has 3 rings (SSSR count). The van der Waals surface area contributed by atoms with E-state index in [9.17, 15) is 0 Å². The highest BCUT2D eigenvalue weighted by Gasteiger charge is 2.36. The molecular formula is C32H51N3. The summed E-state index contributed by atoms with van der Waals surface area (Å²) in [5.74, 6) is 0. The van der Waals surface area contributed by atoms with Crippen molar-refractivity contribution in [3.8, 4) is 0 Å². The van der Waals surface area contributed by atoms with Crippen LogP contribution in [-0.2, 0) is 6.42 Å². The second-order valence-electron chi connectivity index (χ2n) is 10.3. The normalized spacial score (nSPS) is 13.0. The van der Waals surface area contributed by atoms with Crippen LogP contribution in [0, 0.1) is 0 Å². The average molecular weight is 478 g/mol. The fraction of sp³-hybridized carbons (Fsp3) is 0.438. The van der Waals surface area contributed by atoms with E-state index in [0.717, 1.165) is 0 Å². The molecule has 0 fully saturated rings. The molecule has 2 aromatic carbocycles. The van der Waals surface area contributed by atoms with Crippen LogP contribution in [0.3, 0.4) is 0 Å². The standard InChI is InChI=1S/C12H25N3.C10H14.C8H8.C2H4/c1-11(2,3)14-8-9-15(10(14)13-7)12(4,5)6;1-2-3-7-10-8-5-4-6-9-10;1-2-8-6-4-3-5-7-8;1-2/h8-10,13H,1-7H3;4-6,8-9H,2-3,7H2,1H3;2-7H,1H2;1-2H2. The van der Waals surface area contributed by atoms with Crippen LogP contribution in [0.25, 0.3) is 6.08 Å². The van der Waals surface area contributed by atoms with Crippen molar-refractivity contribution in [3.63, 3.8) is 0 Å². The zero-order chi connectivity index (χ0) is 26.9. The first-order chi connectivity index (χ1) is 16.5. The molecule has 0 atom stereocenters. The van der Waals surface area contributed by atoms with E-state index in [0.29, 0.717) is 0 Å². The summed E-state index contributed by atoms with van der Waals surface area (Å²) in [5, 5.41) is 3.37. The Labute approximate surface area is 217 Å². The Morgan fingerprint density at radius 3 is 1.54 bits per heavy atom. The Bertz CT molecular complexity index is 789. The smallest absolute Gasteiger partial charge is 0.157 e. The predicted octanol–water partition coefficient (Wildman–Crippen LogP) is 8.34. The number of unbranched alkanes of at least 4 members (excludes halogenated alkanes) is 1. The molecule has 1 aliphatic rings. The summed E-state index contributed by atoms with van der Waals surface area (Å²) in [5.41, 5.74) is 2.92. The summed E-state index contributed by atoms with van der Waals surface area (Å²) in [6, 6.07) is 20.7. The minimum Gasteiger partial charge on any atom is -0.339 e. The third-order valence-electron chi connectivity index (χ3n) is 5.42. The van der Waals surface area contributed by atoms with Crippen molar-refractivity contribution in [2.45, 2.75) is 85.1 Å². The fourth-order valence-corrected chi connectivity index (χ4v) is 3.51. The van der Waals surface area contributed by atoms with Gasteiger partial charge in [-0.1, -0.05) is 86.7 Å². The van der Waals surface area contributed by atoms with Crippen LogP contribution >= 0.6 is 0 Å². The molecule has 1 heterocycles. The van der Waals surface area contributed by atoms with Crippen LogP contribution in [0.5, 0.6) is 0 Å². The van der Waals surface area contributed by atoms with E-state index in [1.807, 2.05) is 43.5 Å². The molecule has 3 nitrogen and oxygen atoms in total. The predicted molar refractivity (Wildman–Crippen MR) is 158 cm³/mol. The van der Waals surface area contributed by atoms with Crippen LogP contribution in [0.15, 0.2) is 92.8 Å². The molecule has 0 spiro atoms. The number of aryl methyl sites for hydroxylation is 1. The number of nitrogens with zero attached hydrogens (tertiary/aromatic N) is 2. The Kier molecular flexibility index (Phi) is 15.4. The summed E-state index contributed by atoms with van der Waals surface area (Å²) < 4.78 is 0. The number of nitrogens with one attached hydrogen (secondary N) is 1. The highest BCUT2D eigenvalue weighted by atomic mass is 15.5. The maximum absolute atomic E-state index is 3.63. The van der Waals surface area contributed by atoms with E-state index in [1.54, 1.807) is 0 Å². The van der Waals surface area contributed by atoms with Gasteiger partial charge in [0.05, 0.1) is 0 Å². The summed E-state index contributed by atoms with van der Waals surface area (Å²) >= 11 is 0. The van der Waals surface area contributed by atoms with Gasteiger partial charge >= 0.3 is 0 Å². The maximum Gasteiger partial charge on any atom is 0.157 e. The van der Waals surface area contributed by atoms with Gasteiger partial charge in [-0.15, -0.1) is 13.2 Å². The summed E-state index contributed by atoms with van der Waals surface area (Å²) in [6.45, 7) is 25.2. The van der Waals surface area contributed by atoms with E-state index in [1.165, 1.54) is 30.4 Å². The molecule has 194 valence electrons. The molecule has 35 heavy (non-hydrogen) atoms. The van der Waals surface area contributed by atoms with Crippen LogP contribution in [-0.4, -0.2) is 34.2 Å². The second-order valence-corrected chi connectivity index (χ2v) is 10.3. The highest BCUT2D eigenvalue weighted by Crippen LogP contribution is 2.29. The maximum atomic E-state index is 3.63. The number of rotatable bonds is 5. The van der Waals surface area contributed by atoms with Crippen molar-refractivity contribution in [2.75, 3.05) is 7.05 Å². The van der Waals surface area contributed by atoms with Gasteiger partial charge in [0, 0.05) is 23.5 Å². The van der Waals surface area contributed by atoms with Crippen molar-refractivity contribution in [1.29, 1.82) is 0 Å². The number of hydrogen-bond acceptors (Lipinski definition) is 3. The summed E-state index contributed by atoms with van der Waals surface area (Å²) in [7, 11) is 2.01. The Hall–Kier alpha value is -2.78. The first-order valence-electron chi connectivity index (χ1n) is 12.7. The van der Waals surface area contributed by atoms with Crippen molar-refractivity contribution in [1.82, 2.24) is 15.1 Å². The molecule has 0 bridgehead atoms. The topological polar surface area (TPSA) is 18.5 Å². The molecule has 1 N–H and O–H groups in total. The van der Waals surface area contributed by atoms with Crippen molar-refractivity contribution < 1.29 is 0 Å². The third kappa shape index (κ3) is 12.5. The zero-order valence-corrected chi connectivity index (χ0v) is 23.7. The Balaban J connectivity index is 0.000000502. The first kappa shape index (κ1) is 32.2. The molecule has 2 aromatic rings. The van der Waals surface area contributed by atoms with Gasteiger partial charge in [0.25, 0.3) is 0 Å². The molecule has 3 heteroatoms. The molecular weight excluding hydrogens is 426 g/mol. The minimum atomic E-state index is 0.143. The summed E-state index contributed by atoms with van der Waals surface area (Å²) in [6.07, 6.45) is 10.3. The Morgan fingerprint density at radius 2 is 1.23 bits per heavy atom. The second kappa shape index (κ2) is 16.8. The third-order valence-corrected chi connectivity index (χ3v) is 5.42. The lowest BCUT2D eigenvalue weighted by atomic mass is 10.1. The lowest BCUT2D eigenvalue weighted by molar-refractivity contribution is 0.0154. The lowest BCUT2D eigenvalue weighted by Crippen LogP contribution is -2.58. The number of hydrogen-bond donors (Lipinski definition) is 1. The van der Waals surface area contributed by atoms with Gasteiger partial charge in [0.1, 0.15) is 0 Å². The SMILES string of the molecule is C=C.C=Cc1ccccc1.CCCCc1ccccc1.CNC1N(C(C)(C)C)C=CN1C(C)(C)C. The molecule has 0 amide bonds. The monoisotopic (exact) mass is 477 g/mol. The van der Waals surface area contributed by atoms with Gasteiger partial charge in [-0.2, -0.15) is 0 Å². The Morgan fingerprint density at radius 1 is 0.800 bits per heavy atom. The van der Waals surface area contributed by atoms with Gasteiger partial charge in [-0.05, 0) is 72.6 Å². The first-order valence-corrected chi connectivity index (χ1v) is 12.7. The molecule has 0 aromatic heterocycles. The van der Waals surface area contributed by atoms with Crippen LogP contribution in [0.1, 0.15) is 72.4 Å². The zero-order valence-electron chi connectivity index (χ0n) is 23.7. The highest BCUT2D eigenvalue weighted by molar-refractivity contribution is 5.45. The van der Waals surface area contributed by atoms with Crippen LogP contribution in [0.2, 0.25) is 0 Å². The van der Waals surface area contributed by atoms with Crippen molar-refractivity contribution in [3.05, 3.63) is 104 Å². The lowest BCUT2D eigenvalue weighted by Gasteiger charge is -2.45. The molecule has 0 unspecified atom stereocenters. The van der Waals surface area contributed by atoms with Gasteiger partial charge in [0.15, 0.2) is 6.29 Å². The van der Waals surface area contributed by atoms with E-state index in [2.05, 4.69) is 126 Å². The molecule has 1 aliphatic heterocycles. The van der Waals surface area contributed by atoms with Crippen molar-refractivity contribution >= 4 is 6.08 Å². The average Bonchev–Trinajstić information content (AvgIpc) is 3.32. The number of benzene rings is 2.